The van der Waals surface area contributed by atoms with Gasteiger partial charge in [-0.2, -0.15) is 0 Å². The fourth-order valence-electron chi connectivity index (χ4n) is 4.09. The van der Waals surface area contributed by atoms with Crippen LogP contribution in [0.1, 0.15) is 45.4 Å². The minimum absolute atomic E-state index is 0.132. The third-order valence-corrected chi connectivity index (χ3v) is 5.71. The maximum Gasteiger partial charge on any atom is 0.251 e. The molecule has 136 valence electrons. The Bertz CT molecular complexity index is 443. The van der Waals surface area contributed by atoms with Crippen LogP contribution in [0.25, 0.3) is 0 Å². The fraction of sp³-hybridized carbons (Fsp3) is 0.889. The summed E-state index contributed by atoms with van der Waals surface area (Å²) in [5, 5.41) is 3.21. The molecular weight excluding hydrogens is 306 g/mol. The number of carbonyl (C=O) groups is 2. The number of rotatable bonds is 4. The van der Waals surface area contributed by atoms with Crippen LogP contribution in [-0.4, -0.2) is 73.1 Å². The van der Waals surface area contributed by atoms with Crippen molar-refractivity contribution in [3.63, 3.8) is 0 Å². The van der Waals surface area contributed by atoms with Gasteiger partial charge in [-0.25, -0.2) is 0 Å². The third kappa shape index (κ3) is 4.48. The summed E-state index contributed by atoms with van der Waals surface area (Å²) in [4.78, 5) is 28.7. The molecule has 1 saturated carbocycles. The molecule has 2 heterocycles. The zero-order valence-corrected chi connectivity index (χ0v) is 14.8. The average molecular weight is 337 g/mol. The number of piperazine rings is 1. The second kappa shape index (κ2) is 8.30. The van der Waals surface area contributed by atoms with Gasteiger partial charge in [0.2, 0.25) is 5.91 Å². The highest BCUT2D eigenvalue weighted by Crippen LogP contribution is 2.23. The van der Waals surface area contributed by atoms with E-state index in [2.05, 4.69) is 17.1 Å². The van der Waals surface area contributed by atoms with Crippen molar-refractivity contribution in [1.29, 1.82) is 0 Å². The molecule has 3 fully saturated rings. The molecule has 0 aromatic heterocycles. The Hall–Kier alpha value is -1.14. The van der Waals surface area contributed by atoms with Gasteiger partial charge in [-0.1, -0.05) is 19.8 Å². The van der Waals surface area contributed by atoms with Gasteiger partial charge >= 0.3 is 0 Å². The van der Waals surface area contributed by atoms with Crippen LogP contribution in [0.3, 0.4) is 0 Å². The SMILES string of the molecule is C[C@@H]1CCCC[C@@H]1NC(=O)CN1CCN(C(=O)[C@H]2CCCO2)CC1. The zero-order chi connectivity index (χ0) is 16.9. The van der Waals surface area contributed by atoms with Crippen molar-refractivity contribution >= 4 is 11.8 Å². The summed E-state index contributed by atoms with van der Waals surface area (Å²) in [6, 6.07) is 0.341. The van der Waals surface area contributed by atoms with Crippen LogP contribution >= 0.6 is 0 Å². The normalized spacial score (nSPS) is 31.9. The predicted octanol–water partition coefficient (Wildman–Crippen LogP) is 1.00. The lowest BCUT2D eigenvalue weighted by Gasteiger charge is -2.36. The number of nitrogens with zero attached hydrogens (tertiary/aromatic N) is 2. The van der Waals surface area contributed by atoms with E-state index in [1.54, 1.807) is 0 Å². The number of carbonyl (C=O) groups excluding carboxylic acids is 2. The van der Waals surface area contributed by atoms with Crippen molar-refractivity contribution in [2.45, 2.75) is 57.6 Å². The highest BCUT2D eigenvalue weighted by atomic mass is 16.5. The lowest BCUT2D eigenvalue weighted by Crippen LogP contribution is -2.54. The van der Waals surface area contributed by atoms with Crippen molar-refractivity contribution in [3.8, 4) is 0 Å². The Kier molecular flexibility index (Phi) is 6.11. The van der Waals surface area contributed by atoms with Gasteiger partial charge in [-0.3, -0.25) is 14.5 Å². The van der Waals surface area contributed by atoms with Crippen molar-refractivity contribution < 1.29 is 14.3 Å². The molecule has 0 radical (unpaired) electrons. The van der Waals surface area contributed by atoms with Gasteiger partial charge < -0.3 is 15.0 Å². The van der Waals surface area contributed by atoms with Gasteiger partial charge in [0.05, 0.1) is 6.54 Å². The molecule has 0 spiro atoms. The van der Waals surface area contributed by atoms with E-state index >= 15 is 0 Å². The number of amides is 2. The predicted molar refractivity (Wildman–Crippen MR) is 91.6 cm³/mol. The van der Waals surface area contributed by atoms with Crippen LogP contribution in [0.4, 0.5) is 0 Å². The van der Waals surface area contributed by atoms with Crippen LogP contribution in [0.2, 0.25) is 0 Å². The summed E-state index contributed by atoms with van der Waals surface area (Å²) in [7, 11) is 0. The standard InChI is InChI=1S/C18H31N3O3/c1-14-5-2-3-6-15(14)19-17(22)13-20-8-10-21(11-9-20)18(23)16-7-4-12-24-16/h14-16H,2-13H2,1H3,(H,19,22)/t14-,15+,16-/m1/s1. The van der Waals surface area contributed by atoms with Crippen molar-refractivity contribution in [1.82, 2.24) is 15.1 Å². The van der Waals surface area contributed by atoms with E-state index in [4.69, 9.17) is 4.74 Å². The van der Waals surface area contributed by atoms with Crippen LogP contribution in [0.5, 0.6) is 0 Å². The van der Waals surface area contributed by atoms with Crippen LogP contribution in [0, 0.1) is 5.92 Å². The van der Waals surface area contributed by atoms with E-state index in [-0.39, 0.29) is 17.9 Å². The summed E-state index contributed by atoms with van der Waals surface area (Å²) in [6.45, 7) is 6.33. The Morgan fingerprint density at radius 1 is 1.04 bits per heavy atom. The first-order chi connectivity index (χ1) is 11.6. The molecule has 3 atom stereocenters. The lowest BCUT2D eigenvalue weighted by atomic mass is 9.86. The van der Waals surface area contributed by atoms with Gasteiger partial charge in [-0.05, 0) is 31.6 Å². The first kappa shape index (κ1) is 17.7. The molecule has 0 bridgehead atoms. The van der Waals surface area contributed by atoms with Gasteiger partial charge in [0.1, 0.15) is 6.10 Å². The quantitative estimate of drug-likeness (QED) is 0.831. The van der Waals surface area contributed by atoms with Crippen LogP contribution < -0.4 is 5.32 Å². The summed E-state index contributed by atoms with van der Waals surface area (Å²) in [5.41, 5.74) is 0. The van der Waals surface area contributed by atoms with E-state index in [0.717, 1.165) is 32.4 Å². The van der Waals surface area contributed by atoms with E-state index < -0.39 is 0 Å². The van der Waals surface area contributed by atoms with Gasteiger partial charge in [0.15, 0.2) is 0 Å². The molecule has 2 aliphatic heterocycles. The molecule has 1 N–H and O–H groups in total. The van der Waals surface area contributed by atoms with E-state index in [1.165, 1.54) is 19.3 Å². The van der Waals surface area contributed by atoms with Gasteiger partial charge in [0, 0.05) is 38.8 Å². The van der Waals surface area contributed by atoms with E-state index in [1.807, 2.05) is 4.90 Å². The third-order valence-electron chi connectivity index (χ3n) is 5.71. The smallest absolute Gasteiger partial charge is 0.251 e. The Morgan fingerprint density at radius 3 is 2.46 bits per heavy atom. The lowest BCUT2D eigenvalue weighted by molar-refractivity contribution is -0.142. The van der Waals surface area contributed by atoms with Gasteiger partial charge in [-0.15, -0.1) is 0 Å². The average Bonchev–Trinajstić information content (AvgIpc) is 3.11. The first-order valence-corrected chi connectivity index (χ1v) is 9.55. The molecule has 0 unspecified atom stereocenters. The molecule has 2 saturated heterocycles. The number of hydrogen-bond donors (Lipinski definition) is 1. The molecule has 0 aromatic carbocycles. The van der Waals surface area contributed by atoms with Crippen LogP contribution in [-0.2, 0) is 14.3 Å². The first-order valence-electron chi connectivity index (χ1n) is 9.55. The summed E-state index contributed by atoms with van der Waals surface area (Å²) < 4.78 is 5.49. The maximum absolute atomic E-state index is 12.3. The summed E-state index contributed by atoms with van der Waals surface area (Å²) in [6.07, 6.45) is 6.43. The van der Waals surface area contributed by atoms with Crippen molar-refractivity contribution in [2.75, 3.05) is 39.3 Å². The highest BCUT2D eigenvalue weighted by molar-refractivity contribution is 5.81. The molecule has 6 heteroatoms. The van der Waals surface area contributed by atoms with Crippen molar-refractivity contribution in [3.05, 3.63) is 0 Å². The Morgan fingerprint density at radius 2 is 1.79 bits per heavy atom. The van der Waals surface area contributed by atoms with Crippen molar-refractivity contribution in [2.24, 2.45) is 5.92 Å². The number of nitrogens with one attached hydrogen (secondary N) is 1. The summed E-state index contributed by atoms with van der Waals surface area (Å²) >= 11 is 0. The number of ether oxygens (including phenoxy) is 1. The minimum atomic E-state index is -0.229. The molecule has 2 amide bonds. The molecule has 6 nitrogen and oxygen atoms in total. The minimum Gasteiger partial charge on any atom is -0.368 e. The second-order valence-corrected chi connectivity index (χ2v) is 7.54. The summed E-state index contributed by atoms with van der Waals surface area (Å²) in [5.74, 6) is 0.851. The molecule has 0 aromatic rings. The zero-order valence-electron chi connectivity index (χ0n) is 14.8. The van der Waals surface area contributed by atoms with Crippen LogP contribution in [0.15, 0.2) is 0 Å². The highest BCUT2D eigenvalue weighted by Gasteiger charge is 2.31. The molecule has 3 aliphatic rings. The molecule has 3 rings (SSSR count). The van der Waals surface area contributed by atoms with E-state index in [9.17, 15) is 9.59 Å². The monoisotopic (exact) mass is 337 g/mol. The number of hydrogen-bond acceptors (Lipinski definition) is 4. The molecule has 24 heavy (non-hydrogen) atoms. The molecular formula is C18H31N3O3. The largest absolute Gasteiger partial charge is 0.368 e. The Labute approximate surface area is 144 Å². The maximum atomic E-state index is 12.3. The molecule has 1 aliphatic carbocycles. The van der Waals surface area contributed by atoms with E-state index in [0.29, 0.717) is 38.2 Å². The second-order valence-electron chi connectivity index (χ2n) is 7.54. The Balaban J connectivity index is 1.38. The fourth-order valence-corrected chi connectivity index (χ4v) is 4.09. The topological polar surface area (TPSA) is 61.9 Å². The van der Waals surface area contributed by atoms with Gasteiger partial charge in [0.25, 0.3) is 5.91 Å².